The summed E-state index contributed by atoms with van der Waals surface area (Å²) in [5.41, 5.74) is 2.19. The van der Waals surface area contributed by atoms with Crippen LogP contribution in [-0.2, 0) is 24.4 Å². The van der Waals surface area contributed by atoms with Crippen LogP contribution in [0.15, 0.2) is 12.1 Å². The number of methoxy groups -OCH3 is 1. The van der Waals surface area contributed by atoms with E-state index < -0.39 is 10.8 Å². The maximum atomic E-state index is 14.3. The van der Waals surface area contributed by atoms with Gasteiger partial charge in [0, 0.05) is 18.6 Å². The van der Waals surface area contributed by atoms with Crippen molar-refractivity contribution in [1.82, 2.24) is 0 Å². The zero-order valence-corrected chi connectivity index (χ0v) is 14.8. The molecule has 0 amide bonds. The Kier molecular flexibility index (Phi) is 4.76. The SMILES string of the molecule is COC(=O)C(Br)c1cc(F)cc2c1[C@@H](C)OCC21CCOCC1. The lowest BCUT2D eigenvalue weighted by atomic mass is 9.70. The van der Waals surface area contributed by atoms with E-state index >= 15 is 0 Å². The van der Waals surface area contributed by atoms with Crippen molar-refractivity contribution in [3.8, 4) is 0 Å². The highest BCUT2D eigenvalue weighted by molar-refractivity contribution is 9.09. The van der Waals surface area contributed by atoms with Crippen LogP contribution in [-0.4, -0.2) is 32.9 Å². The number of ether oxygens (including phenoxy) is 3. The summed E-state index contributed by atoms with van der Waals surface area (Å²) < 4.78 is 30.6. The van der Waals surface area contributed by atoms with Crippen molar-refractivity contribution in [2.45, 2.75) is 36.1 Å². The molecule has 4 nitrogen and oxygen atoms in total. The first-order valence-corrected chi connectivity index (χ1v) is 8.65. The second-order valence-corrected chi connectivity index (χ2v) is 7.10. The number of alkyl halides is 1. The van der Waals surface area contributed by atoms with Crippen molar-refractivity contribution < 1.29 is 23.4 Å². The summed E-state index contributed by atoms with van der Waals surface area (Å²) in [7, 11) is 1.32. The number of esters is 1. The highest BCUT2D eigenvalue weighted by Gasteiger charge is 2.43. The van der Waals surface area contributed by atoms with Gasteiger partial charge in [-0.05, 0) is 48.6 Å². The number of benzene rings is 1. The lowest BCUT2D eigenvalue weighted by Gasteiger charge is -2.44. The molecule has 1 aromatic rings. The summed E-state index contributed by atoms with van der Waals surface area (Å²) in [5, 5.41) is 0. The van der Waals surface area contributed by atoms with Crippen LogP contribution in [0.2, 0.25) is 0 Å². The molecule has 0 aromatic heterocycles. The largest absolute Gasteiger partial charge is 0.468 e. The molecular formula is C17H20BrFO4. The minimum atomic E-state index is -0.710. The van der Waals surface area contributed by atoms with Gasteiger partial charge in [0.1, 0.15) is 10.6 Å². The van der Waals surface area contributed by atoms with Crippen molar-refractivity contribution in [1.29, 1.82) is 0 Å². The second kappa shape index (κ2) is 6.49. The Morgan fingerprint density at radius 3 is 2.78 bits per heavy atom. The number of hydrogen-bond donors (Lipinski definition) is 0. The van der Waals surface area contributed by atoms with Gasteiger partial charge < -0.3 is 14.2 Å². The third kappa shape index (κ3) is 2.92. The van der Waals surface area contributed by atoms with Crippen molar-refractivity contribution in [2.24, 2.45) is 0 Å². The third-order valence-electron chi connectivity index (χ3n) is 4.90. The number of rotatable bonds is 2. The van der Waals surface area contributed by atoms with Gasteiger partial charge in [-0.25, -0.2) is 4.39 Å². The first kappa shape index (κ1) is 16.9. The topological polar surface area (TPSA) is 44.8 Å². The van der Waals surface area contributed by atoms with Crippen LogP contribution in [0.1, 0.15) is 47.4 Å². The molecule has 1 spiro atoms. The molecule has 1 aromatic carbocycles. The maximum absolute atomic E-state index is 14.3. The molecule has 1 unspecified atom stereocenters. The zero-order valence-electron chi connectivity index (χ0n) is 13.2. The van der Waals surface area contributed by atoms with E-state index in [1.54, 1.807) is 6.07 Å². The molecule has 3 rings (SSSR count). The van der Waals surface area contributed by atoms with E-state index in [0.29, 0.717) is 25.4 Å². The van der Waals surface area contributed by atoms with E-state index in [1.807, 2.05) is 6.92 Å². The van der Waals surface area contributed by atoms with E-state index in [9.17, 15) is 9.18 Å². The molecule has 0 aliphatic carbocycles. The number of halogens is 2. The van der Waals surface area contributed by atoms with Crippen molar-refractivity contribution in [3.63, 3.8) is 0 Å². The van der Waals surface area contributed by atoms with E-state index in [2.05, 4.69) is 15.9 Å². The van der Waals surface area contributed by atoms with Gasteiger partial charge in [-0.2, -0.15) is 0 Å². The van der Waals surface area contributed by atoms with Gasteiger partial charge in [0.2, 0.25) is 0 Å². The molecule has 1 fully saturated rings. The van der Waals surface area contributed by atoms with Crippen LogP contribution in [0.3, 0.4) is 0 Å². The average molecular weight is 387 g/mol. The fraction of sp³-hybridized carbons (Fsp3) is 0.588. The van der Waals surface area contributed by atoms with Gasteiger partial charge in [-0.15, -0.1) is 0 Å². The number of carbonyl (C=O) groups is 1. The highest BCUT2D eigenvalue weighted by Crippen LogP contribution is 2.47. The van der Waals surface area contributed by atoms with E-state index in [-0.39, 0.29) is 17.3 Å². The predicted molar refractivity (Wildman–Crippen MR) is 86.2 cm³/mol. The molecule has 0 bridgehead atoms. The molecule has 2 aliphatic rings. The van der Waals surface area contributed by atoms with Crippen molar-refractivity contribution in [3.05, 3.63) is 34.6 Å². The molecule has 126 valence electrons. The third-order valence-corrected chi connectivity index (χ3v) is 5.76. The number of carbonyl (C=O) groups excluding carboxylic acids is 1. The Hall–Kier alpha value is -0.980. The summed E-state index contributed by atoms with van der Waals surface area (Å²) in [6.45, 7) is 3.76. The van der Waals surface area contributed by atoms with Gasteiger partial charge >= 0.3 is 5.97 Å². The molecule has 1 saturated heterocycles. The zero-order chi connectivity index (χ0) is 16.6. The molecule has 2 atom stereocenters. The maximum Gasteiger partial charge on any atom is 0.324 e. The summed E-state index contributed by atoms with van der Waals surface area (Å²) in [4.78, 5) is 11.2. The number of fused-ring (bicyclic) bond motifs is 2. The predicted octanol–water partition coefficient (Wildman–Crippen LogP) is 3.57. The van der Waals surface area contributed by atoms with E-state index in [4.69, 9.17) is 14.2 Å². The second-order valence-electron chi connectivity index (χ2n) is 6.19. The summed E-state index contributed by atoms with van der Waals surface area (Å²) in [6.07, 6.45) is 1.39. The van der Waals surface area contributed by atoms with E-state index in [0.717, 1.165) is 24.0 Å². The van der Waals surface area contributed by atoms with Gasteiger partial charge in [-0.1, -0.05) is 15.9 Å². The smallest absolute Gasteiger partial charge is 0.324 e. The summed E-state index contributed by atoms with van der Waals surface area (Å²) in [6, 6.07) is 2.99. The molecule has 2 heterocycles. The van der Waals surface area contributed by atoms with Crippen LogP contribution in [0.5, 0.6) is 0 Å². The lowest BCUT2D eigenvalue weighted by Crippen LogP contribution is -2.43. The molecular weight excluding hydrogens is 367 g/mol. The highest BCUT2D eigenvalue weighted by atomic mass is 79.9. The van der Waals surface area contributed by atoms with Crippen LogP contribution < -0.4 is 0 Å². The van der Waals surface area contributed by atoms with Crippen LogP contribution in [0.25, 0.3) is 0 Å². The van der Waals surface area contributed by atoms with Crippen LogP contribution in [0, 0.1) is 5.82 Å². The Morgan fingerprint density at radius 2 is 2.13 bits per heavy atom. The monoisotopic (exact) mass is 386 g/mol. The Morgan fingerprint density at radius 1 is 1.43 bits per heavy atom. The summed E-state index contributed by atoms with van der Waals surface area (Å²) >= 11 is 3.34. The molecule has 0 radical (unpaired) electrons. The number of hydrogen-bond acceptors (Lipinski definition) is 4. The first-order valence-electron chi connectivity index (χ1n) is 7.73. The quantitative estimate of drug-likeness (QED) is 0.575. The Labute approximate surface area is 143 Å². The molecule has 6 heteroatoms. The van der Waals surface area contributed by atoms with Crippen molar-refractivity contribution >= 4 is 21.9 Å². The molecule has 0 N–H and O–H groups in total. The molecule has 2 aliphatic heterocycles. The van der Waals surface area contributed by atoms with Gasteiger partial charge in [0.25, 0.3) is 0 Å². The van der Waals surface area contributed by atoms with Crippen molar-refractivity contribution in [2.75, 3.05) is 26.9 Å². The molecule has 0 saturated carbocycles. The average Bonchev–Trinajstić information content (AvgIpc) is 2.57. The first-order chi connectivity index (χ1) is 11.0. The lowest BCUT2D eigenvalue weighted by molar-refractivity contribution is -0.139. The Balaban J connectivity index is 2.15. The van der Waals surface area contributed by atoms with Gasteiger partial charge in [0.05, 0.1) is 19.8 Å². The molecule has 23 heavy (non-hydrogen) atoms. The fourth-order valence-electron chi connectivity index (χ4n) is 3.59. The van der Waals surface area contributed by atoms with E-state index in [1.165, 1.54) is 13.2 Å². The summed E-state index contributed by atoms with van der Waals surface area (Å²) in [5.74, 6) is -0.788. The fourth-order valence-corrected chi connectivity index (χ4v) is 4.16. The minimum Gasteiger partial charge on any atom is -0.468 e. The Bertz CT molecular complexity index is 613. The normalized spacial score (nSPS) is 24.1. The standard InChI is InChI=1S/C17H20BrFO4/c1-10-14-12(15(18)16(20)21-2)7-11(19)8-13(14)17(9-23-10)3-5-22-6-4-17/h7-8,10,15H,3-6,9H2,1-2H3/t10-,15?/m1/s1. The van der Waals surface area contributed by atoms with Crippen LogP contribution >= 0.6 is 15.9 Å². The van der Waals surface area contributed by atoms with Gasteiger partial charge in [-0.3, -0.25) is 4.79 Å². The van der Waals surface area contributed by atoms with Crippen LogP contribution in [0.4, 0.5) is 4.39 Å². The minimum absolute atomic E-state index is 0.196. The van der Waals surface area contributed by atoms with Gasteiger partial charge in [0.15, 0.2) is 0 Å².